The van der Waals surface area contributed by atoms with Crippen molar-refractivity contribution in [3.05, 3.63) is 47.4 Å². The van der Waals surface area contributed by atoms with Gasteiger partial charge in [0.25, 0.3) is 0 Å². The van der Waals surface area contributed by atoms with E-state index in [1.165, 1.54) is 5.69 Å². The molecule has 2 N–H and O–H groups in total. The largest absolute Gasteiger partial charge is 0.374 e. The van der Waals surface area contributed by atoms with Gasteiger partial charge in [0.1, 0.15) is 5.82 Å². The quantitative estimate of drug-likeness (QED) is 0.934. The first-order chi connectivity index (χ1) is 10.3. The SMILES string of the molecule is NC[C@H]1CN(Cc2cccn2-c2ccc(Cl)cn2)CCO1. The average molecular weight is 307 g/mol. The van der Waals surface area contributed by atoms with Crippen LogP contribution in [0.5, 0.6) is 0 Å². The molecule has 0 radical (unpaired) electrons. The second-order valence-corrected chi connectivity index (χ2v) is 5.60. The van der Waals surface area contributed by atoms with Crippen molar-refractivity contribution in [2.75, 3.05) is 26.2 Å². The summed E-state index contributed by atoms with van der Waals surface area (Å²) in [6.45, 7) is 3.96. The lowest BCUT2D eigenvalue weighted by molar-refractivity contribution is -0.0265. The first-order valence-corrected chi connectivity index (χ1v) is 7.46. The molecule has 6 heteroatoms. The molecule has 3 rings (SSSR count). The van der Waals surface area contributed by atoms with E-state index in [2.05, 4.69) is 20.5 Å². The number of aromatic nitrogens is 2. The van der Waals surface area contributed by atoms with E-state index in [9.17, 15) is 0 Å². The van der Waals surface area contributed by atoms with E-state index in [0.717, 1.165) is 32.1 Å². The van der Waals surface area contributed by atoms with Gasteiger partial charge in [-0.25, -0.2) is 4.98 Å². The van der Waals surface area contributed by atoms with Crippen molar-refractivity contribution in [1.29, 1.82) is 0 Å². The molecule has 1 saturated heterocycles. The number of morpholine rings is 1. The number of ether oxygens (including phenoxy) is 1. The van der Waals surface area contributed by atoms with Crippen LogP contribution in [0.15, 0.2) is 36.7 Å². The Morgan fingerprint density at radius 2 is 2.29 bits per heavy atom. The summed E-state index contributed by atoms with van der Waals surface area (Å²) in [5, 5.41) is 0.645. The topological polar surface area (TPSA) is 56.3 Å². The van der Waals surface area contributed by atoms with E-state index in [-0.39, 0.29) is 6.10 Å². The molecule has 3 heterocycles. The summed E-state index contributed by atoms with van der Waals surface area (Å²) >= 11 is 5.89. The predicted octanol–water partition coefficient (Wildman–Crippen LogP) is 1.69. The molecule has 0 bridgehead atoms. The second-order valence-electron chi connectivity index (χ2n) is 5.17. The summed E-state index contributed by atoms with van der Waals surface area (Å²) in [5.74, 6) is 0.878. The summed E-state index contributed by atoms with van der Waals surface area (Å²) in [5.41, 5.74) is 6.89. The molecule has 0 saturated carbocycles. The van der Waals surface area contributed by atoms with Crippen LogP contribution in [0.2, 0.25) is 5.02 Å². The smallest absolute Gasteiger partial charge is 0.136 e. The van der Waals surface area contributed by atoms with Crippen molar-refractivity contribution in [2.24, 2.45) is 5.73 Å². The van der Waals surface area contributed by atoms with Gasteiger partial charge in [0.2, 0.25) is 0 Å². The minimum absolute atomic E-state index is 0.135. The molecule has 1 aliphatic heterocycles. The van der Waals surface area contributed by atoms with Crippen LogP contribution in [0.4, 0.5) is 0 Å². The summed E-state index contributed by atoms with van der Waals surface area (Å²) in [4.78, 5) is 6.74. The fourth-order valence-corrected chi connectivity index (χ4v) is 2.69. The van der Waals surface area contributed by atoms with E-state index in [4.69, 9.17) is 22.1 Å². The molecular weight excluding hydrogens is 288 g/mol. The summed E-state index contributed by atoms with van der Waals surface area (Å²) in [6.07, 6.45) is 3.82. The van der Waals surface area contributed by atoms with Gasteiger partial charge in [-0.1, -0.05) is 11.6 Å². The highest BCUT2D eigenvalue weighted by atomic mass is 35.5. The van der Waals surface area contributed by atoms with Crippen LogP contribution in [-0.4, -0.2) is 46.8 Å². The molecular formula is C15H19ClN4O. The molecule has 5 nitrogen and oxygen atoms in total. The van der Waals surface area contributed by atoms with E-state index >= 15 is 0 Å². The van der Waals surface area contributed by atoms with Gasteiger partial charge in [0.15, 0.2) is 0 Å². The number of nitrogens with two attached hydrogens (primary N) is 1. The van der Waals surface area contributed by atoms with Gasteiger partial charge in [0, 0.05) is 44.3 Å². The van der Waals surface area contributed by atoms with Gasteiger partial charge in [-0.05, 0) is 24.3 Å². The Morgan fingerprint density at radius 3 is 3.05 bits per heavy atom. The van der Waals surface area contributed by atoms with Gasteiger partial charge >= 0.3 is 0 Å². The van der Waals surface area contributed by atoms with Crippen molar-refractivity contribution < 1.29 is 4.74 Å². The Labute approximate surface area is 129 Å². The molecule has 1 atom stereocenters. The van der Waals surface area contributed by atoms with Gasteiger partial charge in [-0.2, -0.15) is 0 Å². The molecule has 0 aliphatic carbocycles. The van der Waals surface area contributed by atoms with Crippen LogP contribution in [-0.2, 0) is 11.3 Å². The van der Waals surface area contributed by atoms with Crippen molar-refractivity contribution in [3.8, 4) is 5.82 Å². The minimum atomic E-state index is 0.135. The van der Waals surface area contributed by atoms with Crippen LogP contribution < -0.4 is 5.73 Å². The van der Waals surface area contributed by atoms with Gasteiger partial charge in [-0.3, -0.25) is 4.90 Å². The molecule has 0 amide bonds. The van der Waals surface area contributed by atoms with Crippen LogP contribution in [0.3, 0.4) is 0 Å². The minimum Gasteiger partial charge on any atom is -0.374 e. The van der Waals surface area contributed by atoms with Crippen molar-refractivity contribution in [1.82, 2.24) is 14.5 Å². The molecule has 2 aromatic heterocycles. The van der Waals surface area contributed by atoms with E-state index in [1.807, 2.05) is 24.4 Å². The summed E-state index contributed by atoms with van der Waals surface area (Å²) in [6, 6.07) is 7.93. The zero-order chi connectivity index (χ0) is 14.7. The van der Waals surface area contributed by atoms with Crippen molar-refractivity contribution in [2.45, 2.75) is 12.6 Å². The van der Waals surface area contributed by atoms with Crippen LogP contribution in [0, 0.1) is 0 Å². The number of nitrogens with zero attached hydrogens (tertiary/aromatic N) is 3. The molecule has 0 spiro atoms. The zero-order valence-corrected chi connectivity index (χ0v) is 12.5. The van der Waals surface area contributed by atoms with Crippen LogP contribution in [0.1, 0.15) is 5.69 Å². The van der Waals surface area contributed by atoms with E-state index in [1.54, 1.807) is 6.20 Å². The Bertz CT molecular complexity index is 584. The first-order valence-electron chi connectivity index (χ1n) is 7.08. The molecule has 0 aromatic carbocycles. The van der Waals surface area contributed by atoms with Gasteiger partial charge in [-0.15, -0.1) is 0 Å². The van der Waals surface area contributed by atoms with E-state index < -0.39 is 0 Å². The number of hydrogen-bond acceptors (Lipinski definition) is 4. The highest BCUT2D eigenvalue weighted by molar-refractivity contribution is 6.30. The second kappa shape index (κ2) is 6.58. The highest BCUT2D eigenvalue weighted by Gasteiger charge is 2.20. The molecule has 0 unspecified atom stereocenters. The summed E-state index contributed by atoms with van der Waals surface area (Å²) in [7, 11) is 0. The number of hydrogen-bond donors (Lipinski definition) is 1. The fraction of sp³-hybridized carbons (Fsp3) is 0.400. The number of halogens is 1. The highest BCUT2D eigenvalue weighted by Crippen LogP contribution is 2.16. The zero-order valence-electron chi connectivity index (χ0n) is 11.8. The number of pyridine rings is 1. The Morgan fingerprint density at radius 1 is 1.38 bits per heavy atom. The fourth-order valence-electron chi connectivity index (χ4n) is 2.57. The lowest BCUT2D eigenvalue weighted by Gasteiger charge is -2.32. The average Bonchev–Trinajstić information content (AvgIpc) is 2.96. The third-order valence-electron chi connectivity index (χ3n) is 3.66. The van der Waals surface area contributed by atoms with Crippen molar-refractivity contribution >= 4 is 11.6 Å². The predicted molar refractivity (Wildman–Crippen MR) is 82.6 cm³/mol. The Kier molecular flexibility index (Phi) is 4.55. The standard InChI is InChI=1S/C15H19ClN4O/c16-12-3-4-15(18-9-12)20-5-1-2-13(20)10-19-6-7-21-14(8-17)11-19/h1-5,9,14H,6-8,10-11,17H2/t14-/m0/s1. The monoisotopic (exact) mass is 306 g/mol. The lowest BCUT2D eigenvalue weighted by atomic mass is 10.2. The third kappa shape index (κ3) is 3.44. The molecule has 112 valence electrons. The maximum atomic E-state index is 5.89. The summed E-state index contributed by atoms with van der Waals surface area (Å²) < 4.78 is 7.69. The van der Waals surface area contributed by atoms with E-state index in [0.29, 0.717) is 11.6 Å². The Balaban J connectivity index is 1.75. The van der Waals surface area contributed by atoms with Crippen LogP contribution in [0.25, 0.3) is 5.82 Å². The molecule has 1 fully saturated rings. The first kappa shape index (κ1) is 14.5. The molecule has 2 aromatic rings. The van der Waals surface area contributed by atoms with Crippen molar-refractivity contribution in [3.63, 3.8) is 0 Å². The van der Waals surface area contributed by atoms with Crippen LogP contribution >= 0.6 is 11.6 Å². The molecule has 21 heavy (non-hydrogen) atoms. The lowest BCUT2D eigenvalue weighted by Crippen LogP contribution is -2.45. The van der Waals surface area contributed by atoms with Gasteiger partial charge in [0.05, 0.1) is 17.7 Å². The third-order valence-corrected chi connectivity index (χ3v) is 3.89. The maximum Gasteiger partial charge on any atom is 0.136 e. The Hall–Kier alpha value is -1.40. The maximum absolute atomic E-state index is 5.89. The number of rotatable bonds is 4. The molecule has 1 aliphatic rings. The van der Waals surface area contributed by atoms with Gasteiger partial charge < -0.3 is 15.0 Å². The normalized spacial score (nSPS) is 19.8.